The summed E-state index contributed by atoms with van der Waals surface area (Å²) in [6, 6.07) is 5.50. The van der Waals surface area contributed by atoms with E-state index in [-0.39, 0.29) is 27.7 Å². The second-order valence-electron chi connectivity index (χ2n) is 5.15. The number of aliphatic carboxylic acids is 1. The van der Waals surface area contributed by atoms with Gasteiger partial charge in [0.1, 0.15) is 16.3 Å². The summed E-state index contributed by atoms with van der Waals surface area (Å²) < 4.78 is 26.9. The molecule has 144 valence electrons. The number of hydrogen-bond donors (Lipinski definition) is 5. The van der Waals surface area contributed by atoms with Gasteiger partial charge in [-0.2, -0.15) is 0 Å². The van der Waals surface area contributed by atoms with Crippen LogP contribution in [0.25, 0.3) is 0 Å². The third kappa shape index (κ3) is 5.18. The number of aromatic hydroxyl groups is 1. The summed E-state index contributed by atoms with van der Waals surface area (Å²) in [4.78, 5) is 33.1. The molecule has 0 radical (unpaired) electrons. The predicted octanol–water partition coefficient (Wildman–Crippen LogP) is 1.16. The minimum absolute atomic E-state index is 0.0708. The van der Waals surface area contributed by atoms with E-state index in [1.165, 1.54) is 12.1 Å². The van der Waals surface area contributed by atoms with Crippen LogP contribution in [0.5, 0.6) is 5.75 Å². The van der Waals surface area contributed by atoms with Crippen LogP contribution in [0.15, 0.2) is 35.2 Å². The summed E-state index contributed by atoms with van der Waals surface area (Å²) in [5.74, 6) is -3.67. The maximum absolute atomic E-state index is 12.4. The number of phenols is 1. The predicted molar refractivity (Wildman–Crippen MR) is 94.8 cm³/mol. The van der Waals surface area contributed by atoms with E-state index in [1.807, 2.05) is 0 Å². The lowest BCUT2D eigenvalue weighted by atomic mass is 10.2. The number of nitrogens with one attached hydrogen (secondary N) is 2. The van der Waals surface area contributed by atoms with E-state index in [0.717, 1.165) is 29.5 Å². The highest BCUT2D eigenvalue weighted by atomic mass is 32.2. The molecule has 1 aromatic carbocycles. The largest absolute Gasteiger partial charge is 0.507 e. The van der Waals surface area contributed by atoms with E-state index >= 15 is 0 Å². The van der Waals surface area contributed by atoms with Crippen LogP contribution in [-0.4, -0.2) is 48.1 Å². The molecule has 2 rings (SSSR count). The Morgan fingerprint density at radius 2 is 1.78 bits per heavy atom. The monoisotopic (exact) mass is 414 g/mol. The topological polar surface area (TPSA) is 170 Å². The highest BCUT2D eigenvalue weighted by Gasteiger charge is 2.20. The van der Waals surface area contributed by atoms with Crippen LogP contribution in [0.2, 0.25) is 0 Å². The standard InChI is InChI=1S/C15H14N2O8S2/c18-10-2-1-8(7-9(10)15(22)23)27(24,25)17-12-4-3-11(26-12)14(21)16-6-5-13(19)20/h1-4,7,17-18H,5-6H2,(H,16,21)(H,19,20)(H,22,23). The third-order valence-electron chi connectivity index (χ3n) is 3.20. The Labute approximate surface area is 157 Å². The molecule has 1 heterocycles. The van der Waals surface area contributed by atoms with Gasteiger partial charge in [-0.3, -0.25) is 14.3 Å². The normalized spacial score (nSPS) is 11.0. The van der Waals surface area contributed by atoms with Gasteiger partial charge in [0.2, 0.25) is 0 Å². The molecular weight excluding hydrogens is 400 g/mol. The molecule has 0 aliphatic rings. The van der Waals surface area contributed by atoms with Gasteiger partial charge in [-0.1, -0.05) is 0 Å². The van der Waals surface area contributed by atoms with Gasteiger partial charge < -0.3 is 20.6 Å². The zero-order valence-electron chi connectivity index (χ0n) is 13.5. The molecule has 0 aliphatic carbocycles. The molecule has 1 aromatic heterocycles. The fourth-order valence-electron chi connectivity index (χ4n) is 1.93. The Bertz CT molecular complexity index is 997. The average Bonchev–Trinajstić information content (AvgIpc) is 3.02. The summed E-state index contributed by atoms with van der Waals surface area (Å²) >= 11 is 0.820. The van der Waals surface area contributed by atoms with Crippen LogP contribution in [0.3, 0.4) is 0 Å². The molecular formula is C15H14N2O8S2. The van der Waals surface area contributed by atoms with Crippen molar-refractivity contribution in [2.45, 2.75) is 11.3 Å². The number of carboxylic acid groups (broad SMARTS) is 2. The molecule has 0 bridgehead atoms. The number of carbonyl (C=O) groups is 3. The van der Waals surface area contributed by atoms with Crippen molar-refractivity contribution in [1.82, 2.24) is 5.32 Å². The smallest absolute Gasteiger partial charge is 0.339 e. The number of carbonyl (C=O) groups excluding carboxylic acids is 1. The van der Waals surface area contributed by atoms with Gasteiger partial charge in [0.25, 0.3) is 15.9 Å². The molecule has 0 aliphatic heterocycles. The molecule has 1 amide bonds. The zero-order chi connectivity index (χ0) is 20.2. The minimum atomic E-state index is -4.15. The van der Waals surface area contributed by atoms with Gasteiger partial charge in [-0.15, -0.1) is 11.3 Å². The van der Waals surface area contributed by atoms with E-state index in [1.54, 1.807) is 0 Å². The SMILES string of the molecule is O=C(O)CCNC(=O)c1ccc(NS(=O)(=O)c2ccc(O)c(C(=O)O)c2)s1. The number of benzene rings is 1. The highest BCUT2D eigenvalue weighted by Crippen LogP contribution is 2.27. The molecule has 27 heavy (non-hydrogen) atoms. The number of rotatable bonds is 8. The van der Waals surface area contributed by atoms with E-state index in [0.29, 0.717) is 0 Å². The number of sulfonamides is 1. The number of hydrogen-bond acceptors (Lipinski definition) is 7. The highest BCUT2D eigenvalue weighted by molar-refractivity contribution is 7.93. The quantitative estimate of drug-likeness (QED) is 0.428. The van der Waals surface area contributed by atoms with Gasteiger partial charge in [0, 0.05) is 6.54 Å². The molecule has 2 aromatic rings. The van der Waals surface area contributed by atoms with Crippen LogP contribution < -0.4 is 10.0 Å². The average molecular weight is 414 g/mol. The molecule has 12 heteroatoms. The number of thiophene rings is 1. The molecule has 5 N–H and O–H groups in total. The summed E-state index contributed by atoms with van der Waals surface area (Å²) in [7, 11) is -4.15. The molecule has 0 saturated carbocycles. The fraction of sp³-hybridized carbons (Fsp3) is 0.133. The van der Waals surface area contributed by atoms with Crippen LogP contribution in [0, 0.1) is 0 Å². The Morgan fingerprint density at radius 3 is 2.41 bits per heavy atom. The van der Waals surface area contributed by atoms with Crippen molar-refractivity contribution in [3.05, 3.63) is 40.8 Å². The van der Waals surface area contributed by atoms with Crippen molar-refractivity contribution in [2.24, 2.45) is 0 Å². The Kier molecular flexibility index (Phi) is 6.02. The zero-order valence-corrected chi connectivity index (χ0v) is 15.1. The number of carboxylic acids is 2. The maximum Gasteiger partial charge on any atom is 0.339 e. The first-order valence-corrected chi connectivity index (χ1v) is 9.59. The lowest BCUT2D eigenvalue weighted by Crippen LogP contribution is -2.25. The molecule has 0 saturated heterocycles. The van der Waals surface area contributed by atoms with Gasteiger partial charge in [0.15, 0.2) is 0 Å². The number of anilines is 1. The lowest BCUT2D eigenvalue weighted by molar-refractivity contribution is -0.136. The van der Waals surface area contributed by atoms with E-state index in [4.69, 9.17) is 10.2 Å². The number of aromatic carboxylic acids is 1. The van der Waals surface area contributed by atoms with Crippen molar-refractivity contribution < 1.29 is 38.1 Å². The van der Waals surface area contributed by atoms with Crippen LogP contribution in [-0.2, 0) is 14.8 Å². The van der Waals surface area contributed by atoms with Gasteiger partial charge in [-0.05, 0) is 30.3 Å². The summed E-state index contributed by atoms with van der Waals surface area (Å²) in [5, 5.41) is 29.4. The molecule has 0 spiro atoms. The second kappa shape index (κ2) is 8.05. The molecule has 0 atom stereocenters. The van der Waals surface area contributed by atoms with Crippen LogP contribution in [0.1, 0.15) is 26.5 Å². The minimum Gasteiger partial charge on any atom is -0.507 e. The molecule has 10 nitrogen and oxygen atoms in total. The first-order chi connectivity index (χ1) is 12.6. The Hall–Kier alpha value is -3.12. The van der Waals surface area contributed by atoms with Crippen LogP contribution in [0.4, 0.5) is 5.00 Å². The van der Waals surface area contributed by atoms with E-state index < -0.39 is 39.2 Å². The van der Waals surface area contributed by atoms with Crippen LogP contribution >= 0.6 is 11.3 Å². The van der Waals surface area contributed by atoms with E-state index in [2.05, 4.69) is 10.0 Å². The first kappa shape index (κ1) is 20.2. The fourth-order valence-corrected chi connectivity index (χ4v) is 4.07. The van der Waals surface area contributed by atoms with Gasteiger partial charge in [0.05, 0.1) is 16.2 Å². The first-order valence-electron chi connectivity index (χ1n) is 7.29. The van der Waals surface area contributed by atoms with Crippen molar-refractivity contribution in [3.63, 3.8) is 0 Å². The Morgan fingerprint density at radius 1 is 1.07 bits per heavy atom. The molecule has 0 unspecified atom stereocenters. The Balaban J connectivity index is 2.14. The van der Waals surface area contributed by atoms with Gasteiger partial charge in [-0.25, -0.2) is 13.2 Å². The number of amides is 1. The summed E-state index contributed by atoms with van der Waals surface area (Å²) in [6.07, 6.45) is -0.247. The van der Waals surface area contributed by atoms with E-state index in [9.17, 15) is 27.9 Å². The lowest BCUT2D eigenvalue weighted by Gasteiger charge is -2.07. The summed E-state index contributed by atoms with van der Waals surface area (Å²) in [5.41, 5.74) is -0.567. The summed E-state index contributed by atoms with van der Waals surface area (Å²) in [6.45, 7) is -0.0708. The second-order valence-corrected chi connectivity index (χ2v) is 7.92. The van der Waals surface area contributed by atoms with Crippen molar-refractivity contribution in [1.29, 1.82) is 0 Å². The van der Waals surface area contributed by atoms with Crippen molar-refractivity contribution >= 4 is 44.2 Å². The van der Waals surface area contributed by atoms with Gasteiger partial charge >= 0.3 is 11.9 Å². The molecule has 0 fully saturated rings. The van der Waals surface area contributed by atoms with Crippen molar-refractivity contribution in [3.8, 4) is 5.75 Å². The third-order valence-corrected chi connectivity index (χ3v) is 5.69. The van der Waals surface area contributed by atoms with Crippen molar-refractivity contribution in [2.75, 3.05) is 11.3 Å². The maximum atomic E-state index is 12.4.